The zero-order valence-electron chi connectivity index (χ0n) is 7.66. The summed E-state index contributed by atoms with van der Waals surface area (Å²) in [5.74, 6) is -0.482. The highest BCUT2D eigenvalue weighted by Gasteiger charge is 2.31. The fourth-order valence-corrected chi connectivity index (χ4v) is 1.68. The third-order valence-electron chi connectivity index (χ3n) is 1.51. The maximum absolute atomic E-state index is 12.5. The van der Waals surface area contributed by atoms with Gasteiger partial charge in [0.25, 0.3) is 9.05 Å². The molecule has 0 bridgehead atoms. The minimum absolute atomic E-state index is 0.402. The first-order valence-electron chi connectivity index (χ1n) is 3.92. The smallest absolute Gasteiger partial charge is 0.427 e. The van der Waals surface area contributed by atoms with Crippen LogP contribution in [0.25, 0.3) is 0 Å². The molecule has 16 heavy (non-hydrogen) atoms. The van der Waals surface area contributed by atoms with Crippen molar-refractivity contribution in [2.75, 3.05) is 6.67 Å². The van der Waals surface area contributed by atoms with Crippen LogP contribution in [-0.2, 0) is 9.05 Å². The Kier molecular flexibility index (Phi) is 3.69. The average molecular weight is 275 g/mol. The highest BCUT2D eigenvalue weighted by Crippen LogP contribution is 2.25. The predicted molar refractivity (Wildman–Crippen MR) is 51.0 cm³/mol. The Morgan fingerprint density at radius 1 is 1.38 bits per heavy atom. The molecule has 0 N–H and O–H groups in total. The van der Waals surface area contributed by atoms with E-state index in [1.807, 2.05) is 0 Å². The Hall–Kier alpha value is -0.950. The SMILES string of the molecule is O=S(=O)(Cl)c1cccc(OC(F)(F)CF)c1. The van der Waals surface area contributed by atoms with E-state index in [9.17, 15) is 21.6 Å². The summed E-state index contributed by atoms with van der Waals surface area (Å²) in [5.41, 5.74) is 0. The normalized spacial score (nSPS) is 12.5. The Bertz CT molecular complexity index is 475. The third kappa shape index (κ3) is 3.57. The molecule has 8 heteroatoms. The molecule has 0 atom stereocenters. The van der Waals surface area contributed by atoms with Crippen LogP contribution in [0.15, 0.2) is 29.2 Å². The zero-order valence-corrected chi connectivity index (χ0v) is 9.23. The zero-order chi connectivity index (χ0) is 12.4. The van der Waals surface area contributed by atoms with Gasteiger partial charge in [0, 0.05) is 16.7 Å². The van der Waals surface area contributed by atoms with Gasteiger partial charge in [-0.25, -0.2) is 12.8 Å². The fraction of sp³-hybridized carbons (Fsp3) is 0.250. The molecule has 0 unspecified atom stereocenters. The molecule has 0 fully saturated rings. The van der Waals surface area contributed by atoms with E-state index < -0.39 is 32.5 Å². The van der Waals surface area contributed by atoms with Crippen molar-refractivity contribution in [2.45, 2.75) is 11.0 Å². The van der Waals surface area contributed by atoms with Crippen molar-refractivity contribution >= 4 is 19.7 Å². The van der Waals surface area contributed by atoms with Gasteiger partial charge in [-0.2, -0.15) is 8.78 Å². The van der Waals surface area contributed by atoms with Crippen LogP contribution in [-0.4, -0.2) is 21.2 Å². The minimum Gasteiger partial charge on any atom is -0.431 e. The number of alkyl halides is 3. The minimum atomic E-state index is -4.03. The molecule has 0 aliphatic rings. The summed E-state index contributed by atoms with van der Waals surface area (Å²) in [6.45, 7) is -2.01. The van der Waals surface area contributed by atoms with Gasteiger partial charge in [-0.15, -0.1) is 0 Å². The lowest BCUT2D eigenvalue weighted by molar-refractivity contribution is -0.186. The van der Waals surface area contributed by atoms with E-state index in [1.54, 1.807) is 0 Å². The number of halogens is 4. The molecule has 0 aliphatic heterocycles. The van der Waals surface area contributed by atoms with Crippen molar-refractivity contribution in [3.8, 4) is 5.75 Å². The lowest BCUT2D eigenvalue weighted by Crippen LogP contribution is -2.27. The molecule has 0 heterocycles. The van der Waals surface area contributed by atoms with Crippen molar-refractivity contribution < 1.29 is 26.3 Å². The van der Waals surface area contributed by atoms with E-state index >= 15 is 0 Å². The van der Waals surface area contributed by atoms with E-state index in [2.05, 4.69) is 4.74 Å². The largest absolute Gasteiger partial charge is 0.431 e. The number of hydrogen-bond acceptors (Lipinski definition) is 3. The molecule has 1 aromatic rings. The lowest BCUT2D eigenvalue weighted by Gasteiger charge is -2.14. The van der Waals surface area contributed by atoms with Crippen LogP contribution in [0.2, 0.25) is 0 Å². The van der Waals surface area contributed by atoms with Gasteiger partial charge in [-0.1, -0.05) is 6.07 Å². The Balaban J connectivity index is 3.01. The van der Waals surface area contributed by atoms with Crippen molar-refractivity contribution in [1.29, 1.82) is 0 Å². The quantitative estimate of drug-likeness (QED) is 0.793. The molecular formula is C8H6ClF3O3S. The van der Waals surface area contributed by atoms with Gasteiger partial charge < -0.3 is 4.74 Å². The Morgan fingerprint density at radius 3 is 2.50 bits per heavy atom. The Labute approximate surface area is 94.2 Å². The molecule has 3 nitrogen and oxygen atoms in total. The summed E-state index contributed by atoms with van der Waals surface area (Å²) in [6.07, 6.45) is -3.99. The van der Waals surface area contributed by atoms with Crippen LogP contribution < -0.4 is 4.74 Å². The van der Waals surface area contributed by atoms with Gasteiger partial charge >= 0.3 is 6.11 Å². The average Bonchev–Trinajstić information content (AvgIpc) is 2.16. The van der Waals surface area contributed by atoms with Gasteiger partial charge in [-0.05, 0) is 12.1 Å². The fourth-order valence-electron chi connectivity index (χ4n) is 0.889. The standard InChI is InChI=1S/C8H6ClF3O3S/c9-16(13,14)7-3-1-2-6(4-7)15-8(11,12)5-10/h1-4H,5H2. The van der Waals surface area contributed by atoms with E-state index in [0.717, 1.165) is 24.3 Å². The number of rotatable bonds is 4. The molecule has 1 aromatic carbocycles. The summed E-state index contributed by atoms with van der Waals surface area (Å²) in [5, 5.41) is 0. The van der Waals surface area contributed by atoms with Crippen LogP contribution in [0.1, 0.15) is 0 Å². The van der Waals surface area contributed by atoms with E-state index in [4.69, 9.17) is 10.7 Å². The third-order valence-corrected chi connectivity index (χ3v) is 2.86. The molecule has 0 saturated carbocycles. The first kappa shape index (κ1) is 13.1. The monoisotopic (exact) mass is 274 g/mol. The van der Waals surface area contributed by atoms with E-state index in [1.165, 1.54) is 0 Å². The van der Waals surface area contributed by atoms with Crippen LogP contribution >= 0.6 is 10.7 Å². The molecule has 0 saturated heterocycles. The van der Waals surface area contributed by atoms with Crippen LogP contribution in [0.3, 0.4) is 0 Å². The van der Waals surface area contributed by atoms with Crippen LogP contribution in [0, 0.1) is 0 Å². The molecular weight excluding hydrogens is 269 g/mol. The molecule has 0 radical (unpaired) electrons. The summed E-state index contributed by atoms with van der Waals surface area (Å²) in [6, 6.07) is 4.10. The number of benzene rings is 1. The van der Waals surface area contributed by atoms with Gasteiger partial charge in [0.15, 0.2) is 6.67 Å². The molecule has 0 amide bonds. The summed E-state index contributed by atoms with van der Waals surface area (Å²) < 4.78 is 62.4. The highest BCUT2D eigenvalue weighted by molar-refractivity contribution is 8.13. The van der Waals surface area contributed by atoms with Gasteiger partial charge in [0.1, 0.15) is 5.75 Å². The molecule has 90 valence electrons. The van der Waals surface area contributed by atoms with Gasteiger partial charge in [-0.3, -0.25) is 0 Å². The van der Waals surface area contributed by atoms with Gasteiger partial charge in [0.05, 0.1) is 4.90 Å². The lowest BCUT2D eigenvalue weighted by atomic mass is 10.3. The maximum atomic E-state index is 12.5. The molecule has 0 spiro atoms. The van der Waals surface area contributed by atoms with E-state index in [0.29, 0.717) is 0 Å². The second-order valence-electron chi connectivity index (χ2n) is 2.79. The molecule has 1 rings (SSSR count). The second-order valence-corrected chi connectivity index (χ2v) is 5.35. The first-order valence-corrected chi connectivity index (χ1v) is 6.23. The van der Waals surface area contributed by atoms with Gasteiger partial charge in [0.2, 0.25) is 0 Å². The van der Waals surface area contributed by atoms with E-state index in [-0.39, 0.29) is 0 Å². The molecule has 0 aromatic heterocycles. The first-order chi connectivity index (χ1) is 7.24. The second kappa shape index (κ2) is 4.50. The summed E-state index contributed by atoms with van der Waals surface area (Å²) in [7, 11) is 0.957. The molecule has 0 aliphatic carbocycles. The summed E-state index contributed by atoms with van der Waals surface area (Å²) >= 11 is 0. The maximum Gasteiger partial charge on any atom is 0.427 e. The van der Waals surface area contributed by atoms with Crippen LogP contribution in [0.4, 0.5) is 13.2 Å². The predicted octanol–water partition coefficient (Wildman–Crippen LogP) is 2.56. The number of ether oxygens (including phenoxy) is 1. The Morgan fingerprint density at radius 2 is 2.00 bits per heavy atom. The van der Waals surface area contributed by atoms with Crippen molar-refractivity contribution in [3.63, 3.8) is 0 Å². The van der Waals surface area contributed by atoms with Crippen molar-refractivity contribution in [2.24, 2.45) is 0 Å². The highest BCUT2D eigenvalue weighted by atomic mass is 35.7. The van der Waals surface area contributed by atoms with Crippen molar-refractivity contribution in [3.05, 3.63) is 24.3 Å². The van der Waals surface area contributed by atoms with Crippen LogP contribution in [0.5, 0.6) is 5.75 Å². The topological polar surface area (TPSA) is 43.4 Å². The van der Waals surface area contributed by atoms with Crippen molar-refractivity contribution in [1.82, 2.24) is 0 Å². The number of hydrogen-bond donors (Lipinski definition) is 0. The summed E-state index contributed by atoms with van der Waals surface area (Å²) in [4.78, 5) is -0.402.